The number of rotatable bonds is 9. The zero-order valence-electron chi connectivity index (χ0n) is 19.7. The summed E-state index contributed by atoms with van der Waals surface area (Å²) in [6.07, 6.45) is -0.230. The number of nitrogens with one attached hydrogen (secondary N) is 1. The highest BCUT2D eigenvalue weighted by Gasteiger charge is 2.30. The predicted molar refractivity (Wildman–Crippen MR) is 131 cm³/mol. The van der Waals surface area contributed by atoms with E-state index in [9.17, 15) is 18.0 Å². The van der Waals surface area contributed by atoms with Gasteiger partial charge in [-0.1, -0.05) is 37.1 Å². The van der Waals surface area contributed by atoms with Crippen LogP contribution in [0.4, 0.5) is 13.2 Å². The molecule has 0 saturated heterocycles. The third-order valence-electron chi connectivity index (χ3n) is 5.98. The van der Waals surface area contributed by atoms with Crippen molar-refractivity contribution < 1.29 is 17.7 Å². The molecule has 0 amide bonds. The summed E-state index contributed by atoms with van der Waals surface area (Å²) in [5, 5.41) is 12.3. The van der Waals surface area contributed by atoms with Gasteiger partial charge in [0.15, 0.2) is 15.9 Å². The molecule has 0 atom stereocenters. The Hall–Kier alpha value is -3.55. The van der Waals surface area contributed by atoms with E-state index in [0.29, 0.717) is 53.3 Å². The summed E-state index contributed by atoms with van der Waals surface area (Å²) >= 11 is 3.31. The lowest BCUT2D eigenvalue weighted by atomic mass is 10.1. The third kappa shape index (κ3) is 5.02. The Morgan fingerprint density at radius 2 is 1.95 bits per heavy atom. The van der Waals surface area contributed by atoms with Crippen molar-refractivity contribution >= 4 is 32.9 Å². The molecule has 194 valence electrons. The number of aromatic nitrogens is 8. The van der Waals surface area contributed by atoms with Gasteiger partial charge in [-0.2, -0.15) is 18.2 Å². The van der Waals surface area contributed by atoms with Crippen molar-refractivity contribution in [1.29, 1.82) is 0 Å². The number of imidazole rings is 1. The van der Waals surface area contributed by atoms with Gasteiger partial charge >= 0.3 is 6.18 Å². The number of hydrogen-bond donors (Lipinski definition) is 1. The summed E-state index contributed by atoms with van der Waals surface area (Å²) in [5.74, 6) is 1.26. The highest BCUT2D eigenvalue weighted by molar-refractivity contribution is 9.10. The maximum absolute atomic E-state index is 13.2. The van der Waals surface area contributed by atoms with Gasteiger partial charge in [-0.05, 0) is 40.9 Å². The maximum atomic E-state index is 13.2. The van der Waals surface area contributed by atoms with Crippen LogP contribution in [0.25, 0.3) is 28.3 Å². The fraction of sp³-hybridized carbons (Fsp3) is 0.391. The fourth-order valence-corrected chi connectivity index (χ4v) is 4.54. The van der Waals surface area contributed by atoms with Gasteiger partial charge in [0, 0.05) is 24.9 Å². The quantitative estimate of drug-likeness (QED) is 0.194. The van der Waals surface area contributed by atoms with Gasteiger partial charge in [-0.3, -0.25) is 9.36 Å². The van der Waals surface area contributed by atoms with E-state index >= 15 is 0 Å². The lowest BCUT2D eigenvalue weighted by Gasteiger charge is -2.09. The topological polar surface area (TPSA) is 120 Å². The minimum Gasteiger partial charge on any atom is -0.339 e. The SMILES string of the molecule is CCCCCn1c2nc(Br)[nH]c2c(=O)n2c(CCCc3nc(-c4cccc(C(F)(F)F)c4)no3)nnc12. The molecule has 0 bridgehead atoms. The van der Waals surface area contributed by atoms with Crippen molar-refractivity contribution in [2.45, 2.75) is 58.2 Å². The zero-order valence-corrected chi connectivity index (χ0v) is 21.3. The van der Waals surface area contributed by atoms with E-state index < -0.39 is 11.7 Å². The average Bonchev–Trinajstić information content (AvgIpc) is 3.60. The molecule has 4 aromatic heterocycles. The summed E-state index contributed by atoms with van der Waals surface area (Å²) in [4.78, 5) is 24.8. The van der Waals surface area contributed by atoms with Crippen LogP contribution in [-0.2, 0) is 25.6 Å². The molecule has 0 aliphatic rings. The Labute approximate surface area is 216 Å². The van der Waals surface area contributed by atoms with Crippen molar-refractivity contribution in [2.24, 2.45) is 0 Å². The normalized spacial score (nSPS) is 12.2. The highest BCUT2D eigenvalue weighted by atomic mass is 79.9. The van der Waals surface area contributed by atoms with Gasteiger partial charge in [0.05, 0.1) is 5.56 Å². The number of hydrogen-bond acceptors (Lipinski definition) is 7. The Kier molecular flexibility index (Phi) is 6.84. The van der Waals surface area contributed by atoms with Crippen molar-refractivity contribution in [3.05, 3.63) is 56.6 Å². The first-order valence-corrected chi connectivity index (χ1v) is 12.6. The minimum absolute atomic E-state index is 0.0798. The van der Waals surface area contributed by atoms with Gasteiger partial charge < -0.3 is 9.51 Å². The van der Waals surface area contributed by atoms with Crippen LogP contribution in [0.3, 0.4) is 0 Å². The molecule has 4 heterocycles. The molecule has 0 fully saturated rings. The molecular formula is C23H22BrF3N8O2. The van der Waals surface area contributed by atoms with Gasteiger partial charge in [0.1, 0.15) is 5.82 Å². The Balaban J connectivity index is 1.35. The van der Waals surface area contributed by atoms with Gasteiger partial charge in [-0.15, -0.1) is 10.2 Å². The number of unbranched alkanes of at least 4 members (excludes halogenated alkanes) is 2. The van der Waals surface area contributed by atoms with E-state index in [2.05, 4.69) is 53.2 Å². The number of fused-ring (bicyclic) bond motifs is 2. The van der Waals surface area contributed by atoms with Crippen LogP contribution in [0.1, 0.15) is 49.9 Å². The molecule has 5 aromatic rings. The van der Waals surface area contributed by atoms with Crippen molar-refractivity contribution in [3.63, 3.8) is 0 Å². The van der Waals surface area contributed by atoms with Crippen molar-refractivity contribution in [3.8, 4) is 11.4 Å². The van der Waals surface area contributed by atoms with Crippen LogP contribution in [0, 0.1) is 0 Å². The first kappa shape index (κ1) is 25.1. The number of nitrogens with zero attached hydrogens (tertiary/aromatic N) is 7. The molecule has 14 heteroatoms. The second-order valence-electron chi connectivity index (χ2n) is 8.59. The highest BCUT2D eigenvalue weighted by Crippen LogP contribution is 2.31. The maximum Gasteiger partial charge on any atom is 0.416 e. The summed E-state index contributed by atoms with van der Waals surface area (Å²) in [5.41, 5.74) is 0.0203. The van der Waals surface area contributed by atoms with E-state index in [1.807, 2.05) is 4.57 Å². The molecule has 0 unspecified atom stereocenters. The Morgan fingerprint density at radius 3 is 2.73 bits per heavy atom. The monoisotopic (exact) mass is 578 g/mol. The number of alkyl halides is 3. The number of aromatic amines is 1. The third-order valence-corrected chi connectivity index (χ3v) is 6.35. The lowest BCUT2D eigenvalue weighted by Crippen LogP contribution is -2.21. The molecule has 10 nitrogen and oxygen atoms in total. The number of H-pyrrole nitrogens is 1. The van der Waals surface area contributed by atoms with Gasteiger partial charge in [0.2, 0.25) is 17.5 Å². The first-order chi connectivity index (χ1) is 17.8. The van der Waals surface area contributed by atoms with E-state index in [1.54, 1.807) is 0 Å². The molecule has 1 aromatic carbocycles. The van der Waals surface area contributed by atoms with Crippen LogP contribution in [0.5, 0.6) is 0 Å². The van der Waals surface area contributed by atoms with E-state index in [4.69, 9.17) is 4.52 Å². The summed E-state index contributed by atoms with van der Waals surface area (Å²) in [6, 6.07) is 4.76. The molecule has 0 saturated carbocycles. The van der Waals surface area contributed by atoms with E-state index in [1.165, 1.54) is 16.5 Å². The van der Waals surface area contributed by atoms with Gasteiger partial charge in [-0.25, -0.2) is 9.38 Å². The Morgan fingerprint density at radius 1 is 1.11 bits per heavy atom. The Bertz CT molecular complexity index is 1620. The second-order valence-corrected chi connectivity index (χ2v) is 9.34. The van der Waals surface area contributed by atoms with E-state index in [0.717, 1.165) is 31.4 Å². The van der Waals surface area contributed by atoms with Crippen LogP contribution < -0.4 is 5.56 Å². The minimum atomic E-state index is -4.46. The lowest BCUT2D eigenvalue weighted by molar-refractivity contribution is -0.137. The largest absolute Gasteiger partial charge is 0.416 e. The molecule has 0 aliphatic heterocycles. The molecule has 0 spiro atoms. The standard InChI is InChI=1S/C23H22BrF3N8O2/c1-2-3-4-11-34-19-17(29-21(24)30-19)20(36)35-15(31-32-22(34)35)9-6-10-16-28-18(33-37-16)13-7-5-8-14(12-13)23(25,26)27/h5,7-8,12H,2-4,6,9-11H2,1H3,(H,29,30). The number of halogens is 4. The van der Waals surface area contributed by atoms with Crippen LogP contribution in [0.2, 0.25) is 0 Å². The molecule has 37 heavy (non-hydrogen) atoms. The first-order valence-electron chi connectivity index (χ1n) is 11.8. The van der Waals surface area contributed by atoms with Crippen molar-refractivity contribution in [1.82, 2.24) is 39.3 Å². The van der Waals surface area contributed by atoms with Gasteiger partial charge in [0.25, 0.3) is 5.56 Å². The smallest absolute Gasteiger partial charge is 0.339 e. The molecule has 1 N–H and O–H groups in total. The number of aryl methyl sites for hydroxylation is 3. The van der Waals surface area contributed by atoms with Crippen LogP contribution in [0.15, 0.2) is 38.3 Å². The van der Waals surface area contributed by atoms with E-state index in [-0.39, 0.29) is 22.8 Å². The fourth-order valence-electron chi connectivity index (χ4n) is 4.17. The summed E-state index contributed by atoms with van der Waals surface area (Å²) in [7, 11) is 0. The zero-order chi connectivity index (χ0) is 26.2. The van der Waals surface area contributed by atoms with Crippen LogP contribution >= 0.6 is 15.9 Å². The molecule has 0 radical (unpaired) electrons. The molecule has 5 rings (SSSR count). The molecular weight excluding hydrogens is 557 g/mol. The van der Waals surface area contributed by atoms with Crippen LogP contribution in [-0.4, -0.2) is 39.3 Å². The second kappa shape index (κ2) is 10.1. The predicted octanol–water partition coefficient (Wildman–Crippen LogP) is 4.96. The summed E-state index contributed by atoms with van der Waals surface area (Å²) in [6.45, 7) is 2.76. The summed E-state index contributed by atoms with van der Waals surface area (Å²) < 4.78 is 48.1. The molecule has 0 aliphatic carbocycles. The van der Waals surface area contributed by atoms with Crippen molar-refractivity contribution in [2.75, 3.05) is 0 Å². The number of benzene rings is 1. The average molecular weight is 579 g/mol.